The summed E-state index contributed by atoms with van der Waals surface area (Å²) in [5.74, 6) is 2.76. The van der Waals surface area contributed by atoms with Gasteiger partial charge >= 0.3 is 0 Å². The zero-order valence-electron chi connectivity index (χ0n) is 9.87. The highest BCUT2D eigenvalue weighted by molar-refractivity contribution is 5.64. The predicted molar refractivity (Wildman–Crippen MR) is 71.0 cm³/mol. The van der Waals surface area contributed by atoms with Crippen LogP contribution in [0.25, 0.3) is 5.57 Å². The van der Waals surface area contributed by atoms with Gasteiger partial charge in [-0.1, -0.05) is 56.2 Å². The molecule has 1 atom stereocenters. The van der Waals surface area contributed by atoms with Crippen molar-refractivity contribution in [3.63, 3.8) is 0 Å². The first-order valence-electron chi connectivity index (χ1n) is 5.70. The monoisotopic (exact) mass is 213 g/mol. The van der Waals surface area contributed by atoms with Crippen LogP contribution < -0.4 is 5.32 Å². The van der Waals surface area contributed by atoms with Gasteiger partial charge < -0.3 is 0 Å². The standard InChI is InChI=1S/C15H19N/c1-4-9-15(5-2)16-12-13(3)14-10-7-6-8-11-14/h2,6-8,10-11,15-16H,3-4,9,12H2,1H3. The summed E-state index contributed by atoms with van der Waals surface area (Å²) in [4.78, 5) is 0. The second-order valence-corrected chi connectivity index (χ2v) is 3.86. The summed E-state index contributed by atoms with van der Waals surface area (Å²) in [6.45, 7) is 6.95. The first-order valence-corrected chi connectivity index (χ1v) is 5.70. The van der Waals surface area contributed by atoms with Gasteiger partial charge in [0.2, 0.25) is 0 Å². The van der Waals surface area contributed by atoms with E-state index in [1.807, 2.05) is 18.2 Å². The molecule has 0 aliphatic heterocycles. The van der Waals surface area contributed by atoms with Crippen molar-refractivity contribution in [2.75, 3.05) is 6.54 Å². The molecular weight excluding hydrogens is 194 g/mol. The Morgan fingerprint density at radius 1 is 1.44 bits per heavy atom. The van der Waals surface area contributed by atoms with Crippen LogP contribution in [0, 0.1) is 12.3 Å². The molecule has 0 saturated heterocycles. The second-order valence-electron chi connectivity index (χ2n) is 3.86. The molecule has 0 amide bonds. The molecule has 1 aromatic rings. The van der Waals surface area contributed by atoms with E-state index in [2.05, 4.69) is 36.9 Å². The van der Waals surface area contributed by atoms with Crippen molar-refractivity contribution in [1.29, 1.82) is 0 Å². The number of benzene rings is 1. The number of nitrogens with one attached hydrogen (secondary N) is 1. The molecule has 0 aliphatic carbocycles. The van der Waals surface area contributed by atoms with Crippen molar-refractivity contribution in [3.05, 3.63) is 42.5 Å². The van der Waals surface area contributed by atoms with Crippen LogP contribution in [0.4, 0.5) is 0 Å². The average molecular weight is 213 g/mol. The Morgan fingerprint density at radius 2 is 2.12 bits per heavy atom. The van der Waals surface area contributed by atoms with E-state index in [9.17, 15) is 0 Å². The number of terminal acetylenes is 1. The average Bonchev–Trinajstić information content (AvgIpc) is 2.35. The van der Waals surface area contributed by atoms with Crippen LogP contribution in [0.5, 0.6) is 0 Å². The second kappa shape index (κ2) is 6.87. The minimum absolute atomic E-state index is 0.158. The third kappa shape index (κ3) is 3.92. The lowest BCUT2D eigenvalue weighted by Crippen LogP contribution is -2.28. The topological polar surface area (TPSA) is 12.0 Å². The molecule has 1 N–H and O–H groups in total. The Labute approximate surface area is 98.6 Å². The summed E-state index contributed by atoms with van der Waals surface area (Å²) >= 11 is 0. The molecule has 84 valence electrons. The minimum atomic E-state index is 0.158. The van der Waals surface area contributed by atoms with Crippen LogP contribution in [-0.4, -0.2) is 12.6 Å². The molecule has 1 rings (SSSR count). The molecular formula is C15H19N. The molecule has 16 heavy (non-hydrogen) atoms. The maximum atomic E-state index is 5.44. The molecule has 1 heteroatoms. The van der Waals surface area contributed by atoms with Gasteiger partial charge in [0, 0.05) is 6.54 Å². The number of rotatable bonds is 6. The maximum absolute atomic E-state index is 5.44. The van der Waals surface area contributed by atoms with Gasteiger partial charge in [0.15, 0.2) is 0 Å². The van der Waals surface area contributed by atoms with Gasteiger partial charge in [0.1, 0.15) is 0 Å². The molecule has 1 nitrogen and oxygen atoms in total. The van der Waals surface area contributed by atoms with E-state index < -0.39 is 0 Å². The smallest absolute Gasteiger partial charge is 0.0689 e. The fraction of sp³-hybridized carbons (Fsp3) is 0.333. The fourth-order valence-corrected chi connectivity index (χ4v) is 1.56. The van der Waals surface area contributed by atoms with Gasteiger partial charge in [-0.25, -0.2) is 0 Å². The van der Waals surface area contributed by atoms with Crippen LogP contribution in [0.1, 0.15) is 25.3 Å². The largest absolute Gasteiger partial charge is 0.300 e. The molecule has 0 radical (unpaired) electrons. The predicted octanol–water partition coefficient (Wildman–Crippen LogP) is 3.09. The summed E-state index contributed by atoms with van der Waals surface area (Å²) in [7, 11) is 0. The lowest BCUT2D eigenvalue weighted by atomic mass is 10.1. The SMILES string of the molecule is C#CC(CCC)NCC(=C)c1ccccc1. The highest BCUT2D eigenvalue weighted by atomic mass is 14.9. The molecule has 0 aromatic heterocycles. The third-order valence-corrected chi connectivity index (χ3v) is 2.52. The van der Waals surface area contributed by atoms with E-state index in [4.69, 9.17) is 6.42 Å². The van der Waals surface area contributed by atoms with Gasteiger partial charge in [-0.05, 0) is 17.6 Å². The Bertz CT molecular complexity index is 359. The quantitative estimate of drug-likeness (QED) is 0.716. The molecule has 0 heterocycles. The van der Waals surface area contributed by atoms with Crippen molar-refractivity contribution < 1.29 is 0 Å². The normalized spacial score (nSPS) is 11.8. The Kier molecular flexibility index (Phi) is 5.39. The van der Waals surface area contributed by atoms with Crippen molar-refractivity contribution in [1.82, 2.24) is 5.32 Å². The van der Waals surface area contributed by atoms with Gasteiger partial charge in [-0.15, -0.1) is 6.42 Å². The number of hydrogen-bond donors (Lipinski definition) is 1. The van der Waals surface area contributed by atoms with Crippen LogP contribution >= 0.6 is 0 Å². The first kappa shape index (κ1) is 12.5. The molecule has 1 unspecified atom stereocenters. The summed E-state index contributed by atoms with van der Waals surface area (Å²) < 4.78 is 0. The molecule has 1 aromatic carbocycles. The first-order chi connectivity index (χ1) is 7.77. The van der Waals surface area contributed by atoms with Gasteiger partial charge in [-0.3, -0.25) is 5.32 Å². The zero-order chi connectivity index (χ0) is 11.8. The van der Waals surface area contributed by atoms with Crippen molar-refractivity contribution in [2.45, 2.75) is 25.8 Å². The zero-order valence-corrected chi connectivity index (χ0v) is 9.87. The molecule has 0 fully saturated rings. The highest BCUT2D eigenvalue weighted by Gasteiger charge is 2.03. The Hall–Kier alpha value is -1.52. The Morgan fingerprint density at radius 3 is 2.69 bits per heavy atom. The molecule has 0 spiro atoms. The molecule has 0 bridgehead atoms. The van der Waals surface area contributed by atoms with Crippen LogP contribution in [0.2, 0.25) is 0 Å². The van der Waals surface area contributed by atoms with E-state index >= 15 is 0 Å². The fourth-order valence-electron chi connectivity index (χ4n) is 1.56. The van der Waals surface area contributed by atoms with Crippen LogP contribution in [0.15, 0.2) is 36.9 Å². The summed E-state index contributed by atoms with van der Waals surface area (Å²) in [5, 5.41) is 3.33. The van der Waals surface area contributed by atoms with Crippen LogP contribution in [0.3, 0.4) is 0 Å². The van der Waals surface area contributed by atoms with Gasteiger partial charge in [0.05, 0.1) is 6.04 Å². The van der Waals surface area contributed by atoms with E-state index in [1.165, 1.54) is 5.56 Å². The molecule has 0 saturated carbocycles. The highest BCUT2D eigenvalue weighted by Crippen LogP contribution is 2.10. The van der Waals surface area contributed by atoms with Crippen molar-refractivity contribution >= 4 is 5.57 Å². The van der Waals surface area contributed by atoms with Crippen LogP contribution in [-0.2, 0) is 0 Å². The van der Waals surface area contributed by atoms with E-state index in [0.717, 1.165) is 25.0 Å². The van der Waals surface area contributed by atoms with E-state index in [1.54, 1.807) is 0 Å². The third-order valence-electron chi connectivity index (χ3n) is 2.52. The minimum Gasteiger partial charge on any atom is -0.300 e. The summed E-state index contributed by atoms with van der Waals surface area (Å²) in [5.41, 5.74) is 2.25. The van der Waals surface area contributed by atoms with Crippen molar-refractivity contribution in [3.8, 4) is 12.3 Å². The summed E-state index contributed by atoms with van der Waals surface area (Å²) in [6.07, 6.45) is 7.55. The van der Waals surface area contributed by atoms with E-state index in [0.29, 0.717) is 0 Å². The van der Waals surface area contributed by atoms with Gasteiger partial charge in [0.25, 0.3) is 0 Å². The van der Waals surface area contributed by atoms with Crippen molar-refractivity contribution in [2.24, 2.45) is 0 Å². The lowest BCUT2D eigenvalue weighted by molar-refractivity contribution is 0.599. The lowest BCUT2D eigenvalue weighted by Gasteiger charge is -2.13. The Balaban J connectivity index is 2.44. The van der Waals surface area contributed by atoms with Gasteiger partial charge in [-0.2, -0.15) is 0 Å². The summed E-state index contributed by atoms with van der Waals surface area (Å²) in [6, 6.07) is 10.3. The van der Waals surface area contributed by atoms with E-state index in [-0.39, 0.29) is 6.04 Å². The molecule has 0 aliphatic rings. The maximum Gasteiger partial charge on any atom is 0.0689 e. The number of hydrogen-bond acceptors (Lipinski definition) is 1.